The Morgan fingerprint density at radius 1 is 1.24 bits per heavy atom. The van der Waals surface area contributed by atoms with Crippen LogP contribution in [0, 0.1) is 6.92 Å². The third-order valence-electron chi connectivity index (χ3n) is 5.80. The summed E-state index contributed by atoms with van der Waals surface area (Å²) < 4.78 is 34.0. The first kappa shape index (κ1) is 23.3. The number of nitrogens with zero attached hydrogens (tertiary/aromatic N) is 2. The molecule has 9 heteroatoms. The normalized spacial score (nSPS) is 18.2. The van der Waals surface area contributed by atoms with Gasteiger partial charge in [0.2, 0.25) is 10.0 Å². The highest BCUT2D eigenvalue weighted by Gasteiger charge is 2.30. The molecule has 0 aliphatic carbocycles. The van der Waals surface area contributed by atoms with Crippen molar-refractivity contribution in [2.24, 2.45) is 0 Å². The van der Waals surface area contributed by atoms with Crippen LogP contribution in [0.3, 0.4) is 0 Å². The highest BCUT2D eigenvalue weighted by molar-refractivity contribution is 7.92. The fourth-order valence-electron chi connectivity index (χ4n) is 4.41. The molecule has 0 bridgehead atoms. The Morgan fingerprint density at radius 3 is 2.64 bits per heavy atom. The number of aryl methyl sites for hydroxylation is 1. The van der Waals surface area contributed by atoms with E-state index in [4.69, 9.17) is 4.74 Å². The third-order valence-corrected chi connectivity index (χ3v) is 6.40. The van der Waals surface area contributed by atoms with Gasteiger partial charge in [-0.15, -0.1) is 0 Å². The number of amides is 1. The van der Waals surface area contributed by atoms with Gasteiger partial charge in [-0.1, -0.05) is 30.3 Å². The van der Waals surface area contributed by atoms with Crippen molar-refractivity contribution >= 4 is 32.7 Å². The first-order valence-electron chi connectivity index (χ1n) is 11.0. The maximum atomic E-state index is 13.5. The van der Waals surface area contributed by atoms with Crippen molar-refractivity contribution in [2.45, 2.75) is 51.8 Å². The highest BCUT2D eigenvalue weighted by atomic mass is 32.2. The summed E-state index contributed by atoms with van der Waals surface area (Å²) in [6.07, 6.45) is 2.51. The lowest BCUT2D eigenvalue weighted by Crippen LogP contribution is -2.45. The Labute approximate surface area is 194 Å². The third kappa shape index (κ3) is 5.54. The van der Waals surface area contributed by atoms with E-state index in [0.29, 0.717) is 41.9 Å². The number of benzene rings is 2. The second-order valence-corrected chi connectivity index (χ2v) is 11.0. The summed E-state index contributed by atoms with van der Waals surface area (Å²) in [5.41, 5.74) is 2.72. The van der Waals surface area contributed by atoms with E-state index in [-0.39, 0.29) is 17.6 Å². The van der Waals surface area contributed by atoms with Crippen molar-refractivity contribution in [1.29, 1.82) is 0 Å². The Balaban J connectivity index is 1.77. The lowest BCUT2D eigenvalue weighted by Gasteiger charge is -2.35. The van der Waals surface area contributed by atoms with E-state index in [1.165, 1.54) is 0 Å². The van der Waals surface area contributed by atoms with Crippen molar-refractivity contribution < 1.29 is 17.9 Å². The topological polar surface area (TPSA) is 102 Å². The van der Waals surface area contributed by atoms with E-state index < -0.39 is 10.0 Å². The van der Waals surface area contributed by atoms with Crippen molar-refractivity contribution in [2.75, 3.05) is 17.6 Å². The van der Waals surface area contributed by atoms with Crippen LogP contribution in [0.25, 0.3) is 11.0 Å². The number of nitrogens with one attached hydrogen (secondary N) is 2. The maximum absolute atomic E-state index is 13.5. The first-order chi connectivity index (χ1) is 15.5. The van der Waals surface area contributed by atoms with Gasteiger partial charge in [-0.3, -0.25) is 9.52 Å². The summed E-state index contributed by atoms with van der Waals surface area (Å²) in [5, 5.41) is 3.14. The van der Waals surface area contributed by atoms with E-state index in [0.717, 1.165) is 24.1 Å². The minimum Gasteiger partial charge on any atom is -0.375 e. The first-order valence-corrected chi connectivity index (χ1v) is 12.9. The average Bonchev–Trinajstić information content (AvgIpc) is 3.01. The SMILES string of the molecule is Cc1nc2cc(NS(C)(=O)=O)cc(C(=O)N[C@H]3CCOC(C)(C)C3)c2n1Cc1ccccc1. The zero-order valence-corrected chi connectivity index (χ0v) is 20.2. The van der Waals surface area contributed by atoms with Gasteiger partial charge in [0.25, 0.3) is 5.91 Å². The fraction of sp³-hybridized carbons (Fsp3) is 0.417. The van der Waals surface area contributed by atoms with Crippen LogP contribution in [0.15, 0.2) is 42.5 Å². The molecule has 1 aliphatic rings. The van der Waals surface area contributed by atoms with Crippen molar-refractivity contribution in [3.8, 4) is 0 Å². The largest absolute Gasteiger partial charge is 0.375 e. The molecule has 2 heterocycles. The monoisotopic (exact) mass is 470 g/mol. The second-order valence-electron chi connectivity index (χ2n) is 9.27. The summed E-state index contributed by atoms with van der Waals surface area (Å²) in [6, 6.07) is 13.2. The number of anilines is 1. The van der Waals surface area contributed by atoms with Gasteiger partial charge >= 0.3 is 0 Å². The standard InChI is InChI=1S/C24H30N4O4S/c1-16-25-21-13-19(27-33(4,30)31)12-20(22(21)28(16)15-17-8-6-5-7-9-17)23(29)26-18-10-11-32-24(2,3)14-18/h5-9,12-13,18,27H,10-11,14-15H2,1-4H3,(H,26,29)/t18-/m0/s1. The quantitative estimate of drug-likeness (QED) is 0.575. The van der Waals surface area contributed by atoms with Gasteiger partial charge in [-0.2, -0.15) is 0 Å². The number of carbonyl (C=O) groups excluding carboxylic acids is 1. The summed E-state index contributed by atoms with van der Waals surface area (Å²) in [4.78, 5) is 18.1. The number of aromatic nitrogens is 2. The molecule has 1 aliphatic heterocycles. The molecular weight excluding hydrogens is 440 g/mol. The van der Waals surface area contributed by atoms with Gasteiger partial charge in [0.05, 0.1) is 34.1 Å². The zero-order chi connectivity index (χ0) is 23.8. The molecule has 4 rings (SSSR count). The number of fused-ring (bicyclic) bond motifs is 1. The van der Waals surface area contributed by atoms with E-state index in [1.807, 2.05) is 55.7 Å². The number of hydrogen-bond donors (Lipinski definition) is 2. The second kappa shape index (κ2) is 8.79. The minimum absolute atomic E-state index is 0.0329. The fourth-order valence-corrected chi connectivity index (χ4v) is 4.95. The number of rotatable bonds is 6. The predicted octanol–water partition coefficient (Wildman–Crippen LogP) is 3.45. The molecule has 176 valence electrons. The number of hydrogen-bond acceptors (Lipinski definition) is 5. The van der Waals surface area contributed by atoms with E-state index in [9.17, 15) is 13.2 Å². The molecule has 0 spiro atoms. The minimum atomic E-state index is -3.52. The van der Waals surface area contributed by atoms with E-state index in [1.54, 1.807) is 12.1 Å². The van der Waals surface area contributed by atoms with Crippen LogP contribution < -0.4 is 10.0 Å². The number of sulfonamides is 1. The molecule has 8 nitrogen and oxygen atoms in total. The molecule has 3 aromatic rings. The number of imidazole rings is 1. The molecule has 2 N–H and O–H groups in total. The Morgan fingerprint density at radius 2 is 1.97 bits per heavy atom. The van der Waals surface area contributed by atoms with E-state index >= 15 is 0 Å². The molecule has 2 aromatic carbocycles. The molecule has 33 heavy (non-hydrogen) atoms. The summed E-state index contributed by atoms with van der Waals surface area (Å²) in [6.45, 7) is 7.03. The Kier molecular flexibility index (Phi) is 6.20. The summed E-state index contributed by atoms with van der Waals surface area (Å²) in [7, 11) is -3.52. The lowest BCUT2D eigenvalue weighted by atomic mass is 9.93. The van der Waals surface area contributed by atoms with Gasteiger partial charge in [-0.05, 0) is 51.3 Å². The van der Waals surface area contributed by atoms with Gasteiger partial charge in [0.1, 0.15) is 5.82 Å². The van der Waals surface area contributed by atoms with Gasteiger partial charge < -0.3 is 14.6 Å². The van der Waals surface area contributed by atoms with Crippen LogP contribution in [-0.2, 0) is 21.3 Å². The molecule has 1 atom stereocenters. The average molecular weight is 471 g/mol. The van der Waals surface area contributed by atoms with Crippen molar-refractivity contribution in [3.05, 3.63) is 59.4 Å². The van der Waals surface area contributed by atoms with Gasteiger partial charge in [0, 0.05) is 19.2 Å². The van der Waals surface area contributed by atoms with Gasteiger partial charge in [-0.25, -0.2) is 13.4 Å². The van der Waals surface area contributed by atoms with Crippen LogP contribution in [0.2, 0.25) is 0 Å². The molecule has 0 radical (unpaired) electrons. The summed E-state index contributed by atoms with van der Waals surface area (Å²) in [5.74, 6) is 0.487. The van der Waals surface area contributed by atoms with Gasteiger partial charge in [0.15, 0.2) is 0 Å². The van der Waals surface area contributed by atoms with Crippen molar-refractivity contribution in [1.82, 2.24) is 14.9 Å². The number of ether oxygens (including phenoxy) is 1. The number of carbonyl (C=O) groups is 1. The van der Waals surface area contributed by atoms with Crippen LogP contribution in [0.4, 0.5) is 5.69 Å². The molecule has 1 saturated heterocycles. The molecule has 0 saturated carbocycles. The smallest absolute Gasteiger partial charge is 0.253 e. The molecular formula is C24H30N4O4S. The Bertz CT molecular complexity index is 1280. The highest BCUT2D eigenvalue weighted by Crippen LogP contribution is 2.28. The van der Waals surface area contributed by atoms with Crippen LogP contribution >= 0.6 is 0 Å². The molecule has 1 amide bonds. The van der Waals surface area contributed by atoms with Crippen LogP contribution in [-0.4, -0.2) is 48.4 Å². The maximum Gasteiger partial charge on any atom is 0.253 e. The van der Waals surface area contributed by atoms with Crippen LogP contribution in [0.1, 0.15) is 48.4 Å². The molecule has 1 fully saturated rings. The summed E-state index contributed by atoms with van der Waals surface area (Å²) >= 11 is 0. The van der Waals surface area contributed by atoms with Crippen molar-refractivity contribution in [3.63, 3.8) is 0 Å². The van der Waals surface area contributed by atoms with E-state index in [2.05, 4.69) is 15.0 Å². The predicted molar refractivity (Wildman–Crippen MR) is 129 cm³/mol. The lowest BCUT2D eigenvalue weighted by molar-refractivity contribution is -0.0615. The molecule has 0 unspecified atom stereocenters. The van der Waals surface area contributed by atoms with Crippen LogP contribution in [0.5, 0.6) is 0 Å². The Hall–Kier alpha value is -2.91. The zero-order valence-electron chi connectivity index (χ0n) is 19.4. The molecule has 1 aromatic heterocycles.